The summed E-state index contributed by atoms with van der Waals surface area (Å²) in [6.07, 6.45) is 5.19. The predicted octanol–water partition coefficient (Wildman–Crippen LogP) is 2.45. The molecule has 1 aromatic carbocycles. The van der Waals surface area contributed by atoms with Crippen molar-refractivity contribution in [3.8, 4) is 0 Å². The van der Waals surface area contributed by atoms with Crippen molar-refractivity contribution in [2.45, 2.75) is 25.3 Å². The minimum absolute atomic E-state index is 0.341. The van der Waals surface area contributed by atoms with Crippen LogP contribution in [0, 0.1) is 5.92 Å². The van der Waals surface area contributed by atoms with Crippen LogP contribution in [0.5, 0.6) is 0 Å². The highest BCUT2D eigenvalue weighted by Crippen LogP contribution is 2.35. The monoisotopic (exact) mass is 311 g/mol. The molecule has 1 saturated carbocycles. The van der Waals surface area contributed by atoms with Crippen molar-refractivity contribution in [3.05, 3.63) is 54.4 Å². The Morgan fingerprint density at radius 1 is 1.22 bits per heavy atom. The molecule has 0 spiro atoms. The number of pyridine rings is 1. The molecular formula is C18H21N3O2. The summed E-state index contributed by atoms with van der Waals surface area (Å²) < 4.78 is 0. The van der Waals surface area contributed by atoms with Gasteiger partial charge in [0.15, 0.2) is 0 Å². The van der Waals surface area contributed by atoms with Crippen LogP contribution in [0.1, 0.15) is 18.5 Å². The van der Waals surface area contributed by atoms with Gasteiger partial charge in [-0.2, -0.15) is 0 Å². The van der Waals surface area contributed by atoms with E-state index in [2.05, 4.69) is 21.7 Å². The molecular weight excluding hydrogens is 290 g/mol. The van der Waals surface area contributed by atoms with Gasteiger partial charge in [-0.25, -0.2) is 0 Å². The summed E-state index contributed by atoms with van der Waals surface area (Å²) in [5.41, 5.74) is 2.73. The Kier molecular flexibility index (Phi) is 4.88. The van der Waals surface area contributed by atoms with E-state index in [-0.39, 0.29) is 0 Å². The van der Waals surface area contributed by atoms with Crippen LogP contribution >= 0.6 is 0 Å². The lowest BCUT2D eigenvalue weighted by atomic mass is 10.1. The molecule has 3 N–H and O–H groups in total. The van der Waals surface area contributed by atoms with Crippen molar-refractivity contribution in [2.75, 3.05) is 17.2 Å². The minimum Gasteiger partial charge on any atom is -0.387 e. The molecule has 1 atom stereocenters. The van der Waals surface area contributed by atoms with Crippen LogP contribution in [-0.2, 0) is 11.2 Å². The van der Waals surface area contributed by atoms with Gasteiger partial charge < -0.3 is 15.7 Å². The van der Waals surface area contributed by atoms with E-state index in [1.165, 1.54) is 12.8 Å². The molecule has 5 heteroatoms. The maximum absolute atomic E-state index is 11.3. The van der Waals surface area contributed by atoms with Crippen molar-refractivity contribution in [1.82, 2.24) is 4.98 Å². The molecule has 0 bridgehead atoms. The maximum Gasteiger partial charge on any atom is 0.250 e. The second-order valence-electron chi connectivity index (χ2n) is 5.90. The zero-order chi connectivity index (χ0) is 16.1. The van der Waals surface area contributed by atoms with Gasteiger partial charge in [0.1, 0.15) is 6.61 Å². The Bertz CT molecular complexity index is 656. The van der Waals surface area contributed by atoms with Gasteiger partial charge in [-0.15, -0.1) is 0 Å². The van der Waals surface area contributed by atoms with E-state index in [4.69, 9.17) is 5.11 Å². The summed E-state index contributed by atoms with van der Waals surface area (Å²) >= 11 is 0. The van der Waals surface area contributed by atoms with Gasteiger partial charge in [0.05, 0.1) is 0 Å². The molecule has 1 fully saturated rings. The van der Waals surface area contributed by atoms with Crippen molar-refractivity contribution in [1.29, 1.82) is 0 Å². The number of aromatic nitrogens is 1. The van der Waals surface area contributed by atoms with Crippen molar-refractivity contribution in [3.63, 3.8) is 0 Å². The highest BCUT2D eigenvalue weighted by atomic mass is 16.3. The topological polar surface area (TPSA) is 74.2 Å². The van der Waals surface area contributed by atoms with E-state index in [1.54, 1.807) is 0 Å². The fourth-order valence-corrected chi connectivity index (χ4v) is 2.68. The van der Waals surface area contributed by atoms with Crippen LogP contribution in [0.2, 0.25) is 0 Å². The lowest BCUT2D eigenvalue weighted by molar-refractivity contribution is -0.118. The molecule has 1 unspecified atom stereocenters. The molecule has 1 aliphatic rings. The number of aliphatic hydroxyl groups excluding tert-OH is 1. The maximum atomic E-state index is 11.3. The molecule has 1 aliphatic carbocycles. The summed E-state index contributed by atoms with van der Waals surface area (Å²) in [6.45, 7) is -0.512. The molecule has 0 aliphatic heterocycles. The Labute approximate surface area is 135 Å². The second kappa shape index (κ2) is 7.24. The number of nitrogens with zero attached hydrogens (tertiary/aromatic N) is 1. The largest absolute Gasteiger partial charge is 0.387 e. The van der Waals surface area contributed by atoms with Crippen molar-refractivity contribution >= 4 is 17.3 Å². The normalized spacial score (nSPS) is 15.0. The van der Waals surface area contributed by atoms with E-state index in [0.717, 1.165) is 17.8 Å². The zero-order valence-electron chi connectivity index (χ0n) is 12.9. The quantitative estimate of drug-likeness (QED) is 0.734. The van der Waals surface area contributed by atoms with Crippen LogP contribution in [-0.4, -0.2) is 28.6 Å². The smallest absolute Gasteiger partial charge is 0.250 e. The molecule has 5 nitrogen and oxygen atoms in total. The van der Waals surface area contributed by atoms with Gasteiger partial charge in [0.25, 0.3) is 0 Å². The third-order valence-electron chi connectivity index (χ3n) is 3.99. The molecule has 1 heterocycles. The highest BCUT2D eigenvalue weighted by Gasteiger charge is 2.31. The summed E-state index contributed by atoms with van der Waals surface area (Å²) in [7, 11) is 0. The number of aliphatic hydroxyl groups is 1. The van der Waals surface area contributed by atoms with Gasteiger partial charge in [-0.3, -0.25) is 9.78 Å². The summed E-state index contributed by atoms with van der Waals surface area (Å²) in [5.74, 6) is 0.266. The van der Waals surface area contributed by atoms with Crippen LogP contribution in [0.25, 0.3) is 0 Å². The minimum atomic E-state index is -0.512. The number of hydrogen-bond acceptors (Lipinski definition) is 4. The number of anilines is 2. The Balaban J connectivity index is 1.68. The van der Waals surface area contributed by atoms with Crippen LogP contribution < -0.4 is 10.6 Å². The van der Waals surface area contributed by atoms with Gasteiger partial charge >= 0.3 is 0 Å². The Morgan fingerprint density at radius 3 is 2.74 bits per heavy atom. The van der Waals surface area contributed by atoms with E-state index in [1.807, 2.05) is 42.6 Å². The molecule has 23 heavy (non-hydrogen) atoms. The van der Waals surface area contributed by atoms with Gasteiger partial charge in [-0.05, 0) is 49.1 Å². The average molecular weight is 311 g/mol. The molecule has 2 aromatic rings. The van der Waals surface area contributed by atoms with Crippen LogP contribution in [0.15, 0.2) is 48.7 Å². The standard InChI is InChI=1S/C18H21N3O2/c22-12-18(23)21-16-6-3-5-15(10-16)20-17(13-7-8-13)11-14-4-1-2-9-19-14/h1-6,9-10,13,17,20,22H,7-8,11-12H2,(H,21,23). The second-order valence-corrected chi connectivity index (χ2v) is 5.90. The lowest BCUT2D eigenvalue weighted by Crippen LogP contribution is -2.25. The zero-order valence-corrected chi connectivity index (χ0v) is 12.9. The molecule has 0 saturated heterocycles. The number of amides is 1. The van der Waals surface area contributed by atoms with Gasteiger partial charge in [-0.1, -0.05) is 12.1 Å². The van der Waals surface area contributed by atoms with Crippen molar-refractivity contribution in [2.24, 2.45) is 5.92 Å². The van der Waals surface area contributed by atoms with Crippen molar-refractivity contribution < 1.29 is 9.90 Å². The molecule has 3 rings (SSSR count). The summed E-state index contributed by atoms with van der Waals surface area (Å²) in [5, 5.41) is 15.0. The Morgan fingerprint density at radius 2 is 2.04 bits per heavy atom. The van der Waals surface area contributed by atoms with E-state index in [9.17, 15) is 4.79 Å². The third kappa shape index (κ3) is 4.53. The predicted molar refractivity (Wildman–Crippen MR) is 90.2 cm³/mol. The molecule has 1 amide bonds. The van der Waals surface area contributed by atoms with Gasteiger partial charge in [0.2, 0.25) is 5.91 Å². The number of hydrogen-bond donors (Lipinski definition) is 3. The first-order valence-corrected chi connectivity index (χ1v) is 7.92. The number of rotatable bonds is 7. The summed E-state index contributed by atoms with van der Waals surface area (Å²) in [4.78, 5) is 15.7. The first-order chi connectivity index (χ1) is 11.2. The highest BCUT2D eigenvalue weighted by molar-refractivity contribution is 5.91. The molecule has 120 valence electrons. The summed E-state index contributed by atoms with van der Waals surface area (Å²) in [6, 6.07) is 13.9. The number of carbonyl (C=O) groups is 1. The number of carbonyl (C=O) groups excluding carboxylic acids is 1. The SMILES string of the molecule is O=C(CO)Nc1cccc(NC(Cc2ccccn2)C2CC2)c1. The molecule has 0 radical (unpaired) electrons. The fourth-order valence-electron chi connectivity index (χ4n) is 2.68. The first-order valence-electron chi connectivity index (χ1n) is 7.92. The third-order valence-corrected chi connectivity index (χ3v) is 3.99. The number of nitrogens with one attached hydrogen (secondary N) is 2. The van der Waals surface area contributed by atoms with E-state index in [0.29, 0.717) is 17.6 Å². The van der Waals surface area contributed by atoms with Crippen LogP contribution in [0.4, 0.5) is 11.4 Å². The lowest BCUT2D eigenvalue weighted by Gasteiger charge is -2.20. The van der Waals surface area contributed by atoms with Crippen LogP contribution in [0.3, 0.4) is 0 Å². The fraction of sp³-hybridized carbons (Fsp3) is 0.333. The first kappa shape index (κ1) is 15.5. The van der Waals surface area contributed by atoms with E-state index >= 15 is 0 Å². The Hall–Kier alpha value is -2.40. The van der Waals surface area contributed by atoms with E-state index < -0.39 is 12.5 Å². The average Bonchev–Trinajstić information content (AvgIpc) is 3.40. The molecule has 1 aromatic heterocycles. The van der Waals surface area contributed by atoms with Gasteiger partial charge in [0, 0.05) is 35.7 Å². The number of benzene rings is 1.